The van der Waals surface area contributed by atoms with Gasteiger partial charge in [0.1, 0.15) is 6.17 Å². The Bertz CT molecular complexity index is 96.6. The van der Waals surface area contributed by atoms with E-state index < -0.39 is 6.17 Å². The van der Waals surface area contributed by atoms with Gasteiger partial charge in [-0.05, 0) is 18.8 Å². The van der Waals surface area contributed by atoms with Crippen molar-refractivity contribution >= 4 is 0 Å². The fourth-order valence-electron chi connectivity index (χ4n) is 1.02. The number of halogens is 1. The van der Waals surface area contributed by atoms with Crippen LogP contribution in [0.2, 0.25) is 0 Å². The highest BCUT2D eigenvalue weighted by atomic mass is 19.1. The maximum absolute atomic E-state index is 12.3. The van der Waals surface area contributed by atoms with Gasteiger partial charge in [0, 0.05) is 0 Å². The van der Waals surface area contributed by atoms with Gasteiger partial charge >= 0.3 is 0 Å². The normalized spacial score (nSPS) is 37.8. The first-order valence-corrected chi connectivity index (χ1v) is 3.10. The largest absolute Gasteiger partial charge is 0.243 e. The molecule has 1 heteroatoms. The van der Waals surface area contributed by atoms with E-state index in [0.29, 0.717) is 5.92 Å². The Kier molecular flexibility index (Phi) is 1.66. The van der Waals surface area contributed by atoms with Crippen molar-refractivity contribution in [3.05, 3.63) is 12.2 Å². The van der Waals surface area contributed by atoms with E-state index in [1.54, 1.807) is 6.08 Å². The number of alkyl halides is 1. The fourth-order valence-corrected chi connectivity index (χ4v) is 1.02. The van der Waals surface area contributed by atoms with E-state index in [0.717, 1.165) is 12.8 Å². The molecule has 0 saturated heterocycles. The Hall–Kier alpha value is -0.330. The minimum absolute atomic E-state index is 0.551. The molecule has 0 aromatic carbocycles. The zero-order valence-corrected chi connectivity index (χ0v) is 5.10. The quantitative estimate of drug-likeness (QED) is 0.424. The molecule has 46 valence electrons. The third-order valence-corrected chi connectivity index (χ3v) is 1.51. The second-order valence-corrected chi connectivity index (χ2v) is 2.52. The zero-order valence-electron chi connectivity index (χ0n) is 5.10. The first kappa shape index (κ1) is 5.80. The van der Waals surface area contributed by atoms with Crippen LogP contribution in [-0.2, 0) is 0 Å². The van der Waals surface area contributed by atoms with Gasteiger partial charge < -0.3 is 0 Å². The summed E-state index contributed by atoms with van der Waals surface area (Å²) in [7, 11) is 0. The van der Waals surface area contributed by atoms with E-state index in [1.165, 1.54) is 0 Å². The molecule has 0 N–H and O–H groups in total. The van der Waals surface area contributed by atoms with Crippen LogP contribution in [0, 0.1) is 5.92 Å². The molecule has 1 aliphatic carbocycles. The van der Waals surface area contributed by atoms with Crippen LogP contribution < -0.4 is 0 Å². The molecule has 0 nitrogen and oxygen atoms in total. The fraction of sp³-hybridized carbons (Fsp3) is 0.714. The van der Waals surface area contributed by atoms with Crippen molar-refractivity contribution in [3.63, 3.8) is 0 Å². The second-order valence-electron chi connectivity index (χ2n) is 2.52. The van der Waals surface area contributed by atoms with Gasteiger partial charge in [0.25, 0.3) is 0 Å². The van der Waals surface area contributed by atoms with Crippen molar-refractivity contribution < 1.29 is 4.39 Å². The monoisotopic (exact) mass is 114 g/mol. The highest BCUT2D eigenvalue weighted by molar-refractivity contribution is 4.95. The van der Waals surface area contributed by atoms with Gasteiger partial charge in [0.2, 0.25) is 0 Å². The first-order valence-electron chi connectivity index (χ1n) is 3.10. The average molecular weight is 114 g/mol. The van der Waals surface area contributed by atoms with Gasteiger partial charge in [-0.1, -0.05) is 19.1 Å². The predicted molar refractivity (Wildman–Crippen MR) is 32.4 cm³/mol. The van der Waals surface area contributed by atoms with Crippen LogP contribution in [0.5, 0.6) is 0 Å². The molecular formula is C7H11F. The van der Waals surface area contributed by atoms with Crippen LogP contribution in [0.15, 0.2) is 12.2 Å². The SMILES string of the molecule is CC1CC=CC(F)C1. The van der Waals surface area contributed by atoms with Gasteiger partial charge in [0.15, 0.2) is 0 Å². The number of allylic oxidation sites excluding steroid dienone is 2. The van der Waals surface area contributed by atoms with Gasteiger partial charge in [0.05, 0.1) is 0 Å². The highest BCUT2D eigenvalue weighted by Gasteiger charge is 2.11. The molecule has 0 heterocycles. The number of hydrogen-bond donors (Lipinski definition) is 0. The third kappa shape index (κ3) is 1.32. The molecule has 0 aliphatic heterocycles. The standard InChI is InChI=1S/C7H11F/c1-6-3-2-4-7(8)5-6/h2,4,6-7H,3,5H2,1H3. The summed E-state index contributed by atoms with van der Waals surface area (Å²) in [5, 5.41) is 0. The average Bonchev–Trinajstić information content (AvgIpc) is 1.64. The summed E-state index contributed by atoms with van der Waals surface area (Å²) in [6, 6.07) is 0. The lowest BCUT2D eigenvalue weighted by atomic mass is 9.95. The van der Waals surface area contributed by atoms with Gasteiger partial charge in [-0.2, -0.15) is 0 Å². The van der Waals surface area contributed by atoms with Crippen LogP contribution in [0.4, 0.5) is 4.39 Å². The lowest BCUT2D eigenvalue weighted by Crippen LogP contribution is -2.07. The molecule has 0 spiro atoms. The smallest absolute Gasteiger partial charge is 0.119 e. The summed E-state index contributed by atoms with van der Waals surface area (Å²) >= 11 is 0. The Morgan fingerprint density at radius 3 is 2.75 bits per heavy atom. The Morgan fingerprint density at radius 1 is 1.62 bits per heavy atom. The molecule has 1 rings (SSSR count). The molecule has 1 aliphatic rings. The Balaban J connectivity index is 2.42. The lowest BCUT2D eigenvalue weighted by Gasteiger charge is -2.14. The van der Waals surface area contributed by atoms with Crippen molar-refractivity contribution in [2.75, 3.05) is 0 Å². The molecule has 0 saturated carbocycles. The zero-order chi connectivity index (χ0) is 5.98. The van der Waals surface area contributed by atoms with E-state index in [9.17, 15) is 4.39 Å². The summed E-state index contributed by atoms with van der Waals surface area (Å²) < 4.78 is 12.3. The molecule has 8 heavy (non-hydrogen) atoms. The van der Waals surface area contributed by atoms with Gasteiger partial charge in [-0.15, -0.1) is 0 Å². The molecule has 0 aromatic rings. The van der Waals surface area contributed by atoms with Crippen LogP contribution in [0.1, 0.15) is 19.8 Å². The molecular weight excluding hydrogens is 103 g/mol. The number of hydrogen-bond acceptors (Lipinski definition) is 0. The van der Waals surface area contributed by atoms with Crippen LogP contribution in [0.25, 0.3) is 0 Å². The summed E-state index contributed by atoms with van der Waals surface area (Å²) in [4.78, 5) is 0. The molecule has 0 bridgehead atoms. The van der Waals surface area contributed by atoms with Gasteiger partial charge in [-0.3, -0.25) is 0 Å². The van der Waals surface area contributed by atoms with E-state index in [4.69, 9.17) is 0 Å². The molecule has 0 aromatic heterocycles. The Labute approximate surface area is 49.4 Å². The van der Waals surface area contributed by atoms with E-state index in [1.807, 2.05) is 6.08 Å². The van der Waals surface area contributed by atoms with Crippen LogP contribution in [-0.4, -0.2) is 6.17 Å². The van der Waals surface area contributed by atoms with Gasteiger partial charge in [-0.25, -0.2) is 4.39 Å². The van der Waals surface area contributed by atoms with Crippen molar-refractivity contribution in [1.82, 2.24) is 0 Å². The molecule has 0 amide bonds. The Morgan fingerprint density at radius 2 is 2.38 bits per heavy atom. The van der Waals surface area contributed by atoms with Crippen molar-refractivity contribution in [3.8, 4) is 0 Å². The summed E-state index contributed by atoms with van der Waals surface area (Å²) in [6.07, 6.45) is 4.69. The predicted octanol–water partition coefficient (Wildman–Crippen LogP) is 2.31. The van der Waals surface area contributed by atoms with Crippen molar-refractivity contribution in [2.45, 2.75) is 25.9 Å². The summed E-state index contributed by atoms with van der Waals surface area (Å²) in [5.41, 5.74) is 0. The summed E-state index contributed by atoms with van der Waals surface area (Å²) in [5.74, 6) is 0.551. The minimum atomic E-state index is -0.668. The van der Waals surface area contributed by atoms with E-state index in [-0.39, 0.29) is 0 Å². The maximum Gasteiger partial charge on any atom is 0.119 e. The van der Waals surface area contributed by atoms with Crippen LogP contribution >= 0.6 is 0 Å². The molecule has 2 atom stereocenters. The van der Waals surface area contributed by atoms with Crippen molar-refractivity contribution in [2.24, 2.45) is 5.92 Å². The molecule has 2 unspecified atom stereocenters. The number of rotatable bonds is 0. The topological polar surface area (TPSA) is 0 Å². The minimum Gasteiger partial charge on any atom is -0.243 e. The summed E-state index contributed by atoms with van der Waals surface area (Å²) in [6.45, 7) is 2.08. The van der Waals surface area contributed by atoms with E-state index >= 15 is 0 Å². The second kappa shape index (κ2) is 2.29. The first-order chi connectivity index (χ1) is 3.79. The highest BCUT2D eigenvalue weighted by Crippen LogP contribution is 2.19. The lowest BCUT2D eigenvalue weighted by molar-refractivity contribution is 0.315. The van der Waals surface area contributed by atoms with E-state index in [2.05, 4.69) is 6.92 Å². The third-order valence-electron chi connectivity index (χ3n) is 1.51. The van der Waals surface area contributed by atoms with Crippen molar-refractivity contribution in [1.29, 1.82) is 0 Å². The molecule has 0 radical (unpaired) electrons. The molecule has 0 fully saturated rings. The maximum atomic E-state index is 12.3. The van der Waals surface area contributed by atoms with Crippen LogP contribution in [0.3, 0.4) is 0 Å².